The minimum absolute atomic E-state index is 0.121. The molecule has 0 aliphatic heterocycles. The number of esters is 1. The van der Waals surface area contributed by atoms with E-state index in [1.165, 1.54) is 0 Å². The van der Waals surface area contributed by atoms with E-state index in [0.717, 1.165) is 32.2 Å². The maximum atomic E-state index is 12.3. The standard InChI is InChI=1S/C16H27NO3/c1-4-12-17-15(19)16(3)10-7-6-8-13(9-11-16)20-14(18)5-2/h6,8,13H,4-5,7,9-12H2,1-3H3,(H,17,19)/b8-6+. The van der Waals surface area contributed by atoms with Gasteiger partial charge in [0, 0.05) is 18.4 Å². The zero-order valence-electron chi connectivity index (χ0n) is 12.9. The Labute approximate surface area is 122 Å². The number of hydrogen-bond acceptors (Lipinski definition) is 3. The molecule has 1 amide bonds. The van der Waals surface area contributed by atoms with E-state index in [4.69, 9.17) is 4.74 Å². The van der Waals surface area contributed by atoms with Crippen molar-refractivity contribution in [1.82, 2.24) is 5.32 Å². The fourth-order valence-corrected chi connectivity index (χ4v) is 2.36. The van der Waals surface area contributed by atoms with Gasteiger partial charge in [-0.2, -0.15) is 0 Å². The fraction of sp³-hybridized carbons (Fsp3) is 0.750. The van der Waals surface area contributed by atoms with Crippen LogP contribution in [0.4, 0.5) is 0 Å². The van der Waals surface area contributed by atoms with Crippen LogP contribution in [-0.4, -0.2) is 24.5 Å². The van der Waals surface area contributed by atoms with Crippen LogP contribution in [0.2, 0.25) is 0 Å². The van der Waals surface area contributed by atoms with Crippen LogP contribution in [0, 0.1) is 5.41 Å². The Morgan fingerprint density at radius 2 is 2.10 bits per heavy atom. The van der Waals surface area contributed by atoms with E-state index >= 15 is 0 Å². The van der Waals surface area contributed by atoms with Crippen molar-refractivity contribution in [2.75, 3.05) is 6.54 Å². The molecule has 1 rings (SSSR count). The third kappa shape index (κ3) is 4.99. The predicted molar refractivity (Wildman–Crippen MR) is 79.2 cm³/mol. The first-order valence-corrected chi connectivity index (χ1v) is 7.66. The lowest BCUT2D eigenvalue weighted by Gasteiger charge is -2.30. The molecule has 0 radical (unpaired) electrons. The van der Waals surface area contributed by atoms with Crippen molar-refractivity contribution < 1.29 is 14.3 Å². The summed E-state index contributed by atoms with van der Waals surface area (Å²) in [6, 6.07) is 0. The third-order valence-corrected chi connectivity index (χ3v) is 3.85. The SMILES string of the molecule is CCCNC(=O)C1(C)CC/C=C/C(OC(=O)CC)CC1. The van der Waals surface area contributed by atoms with Crippen molar-refractivity contribution in [1.29, 1.82) is 0 Å². The topological polar surface area (TPSA) is 55.4 Å². The monoisotopic (exact) mass is 281 g/mol. The number of carbonyl (C=O) groups excluding carboxylic acids is 2. The van der Waals surface area contributed by atoms with Gasteiger partial charge in [-0.05, 0) is 38.2 Å². The molecule has 1 aliphatic rings. The van der Waals surface area contributed by atoms with Gasteiger partial charge < -0.3 is 10.1 Å². The van der Waals surface area contributed by atoms with Crippen LogP contribution in [0.15, 0.2) is 12.2 Å². The number of hydrogen-bond donors (Lipinski definition) is 1. The molecule has 2 atom stereocenters. The summed E-state index contributed by atoms with van der Waals surface area (Å²) in [5, 5.41) is 2.99. The predicted octanol–water partition coefficient (Wildman–Crippen LogP) is 2.97. The summed E-state index contributed by atoms with van der Waals surface area (Å²) in [6.45, 7) is 6.56. The molecule has 2 unspecified atom stereocenters. The molecule has 0 aromatic rings. The van der Waals surface area contributed by atoms with E-state index in [-0.39, 0.29) is 23.4 Å². The van der Waals surface area contributed by atoms with Gasteiger partial charge in [0.25, 0.3) is 0 Å². The van der Waals surface area contributed by atoms with E-state index in [1.54, 1.807) is 6.92 Å². The van der Waals surface area contributed by atoms with Gasteiger partial charge in [0.1, 0.15) is 6.10 Å². The van der Waals surface area contributed by atoms with Gasteiger partial charge in [-0.1, -0.05) is 26.8 Å². The lowest BCUT2D eigenvalue weighted by atomic mass is 9.78. The van der Waals surface area contributed by atoms with Gasteiger partial charge in [0.2, 0.25) is 5.91 Å². The molecule has 114 valence electrons. The van der Waals surface area contributed by atoms with Crippen molar-refractivity contribution >= 4 is 11.9 Å². The lowest BCUT2D eigenvalue weighted by molar-refractivity contribution is -0.147. The van der Waals surface area contributed by atoms with E-state index < -0.39 is 0 Å². The Hall–Kier alpha value is -1.32. The third-order valence-electron chi connectivity index (χ3n) is 3.85. The van der Waals surface area contributed by atoms with Crippen LogP contribution in [0.5, 0.6) is 0 Å². The molecule has 4 heteroatoms. The van der Waals surface area contributed by atoms with E-state index in [2.05, 4.69) is 5.32 Å². The Bertz CT molecular complexity index is 365. The van der Waals surface area contributed by atoms with Crippen molar-refractivity contribution in [3.63, 3.8) is 0 Å². The summed E-state index contributed by atoms with van der Waals surface area (Å²) in [4.78, 5) is 23.7. The van der Waals surface area contributed by atoms with Crippen LogP contribution in [0.25, 0.3) is 0 Å². The number of amides is 1. The first kappa shape index (κ1) is 16.7. The smallest absolute Gasteiger partial charge is 0.306 e. The van der Waals surface area contributed by atoms with E-state index in [9.17, 15) is 9.59 Å². The minimum atomic E-state index is -0.364. The maximum absolute atomic E-state index is 12.3. The quantitative estimate of drug-likeness (QED) is 0.622. The average Bonchev–Trinajstić information content (AvgIpc) is 2.43. The zero-order valence-corrected chi connectivity index (χ0v) is 12.9. The van der Waals surface area contributed by atoms with Crippen molar-refractivity contribution in [2.24, 2.45) is 5.41 Å². The van der Waals surface area contributed by atoms with Gasteiger partial charge in [0.15, 0.2) is 0 Å². The zero-order chi connectivity index (χ0) is 15.0. The van der Waals surface area contributed by atoms with Crippen LogP contribution in [0.3, 0.4) is 0 Å². The van der Waals surface area contributed by atoms with Crippen molar-refractivity contribution in [2.45, 2.75) is 65.4 Å². The molecular formula is C16H27NO3. The molecule has 1 aliphatic carbocycles. The Morgan fingerprint density at radius 1 is 1.35 bits per heavy atom. The van der Waals surface area contributed by atoms with E-state index in [0.29, 0.717) is 12.8 Å². The molecule has 0 heterocycles. The first-order chi connectivity index (χ1) is 9.51. The normalized spacial score (nSPS) is 28.1. The van der Waals surface area contributed by atoms with Crippen LogP contribution >= 0.6 is 0 Å². The second-order valence-corrected chi connectivity index (χ2v) is 5.70. The second-order valence-electron chi connectivity index (χ2n) is 5.70. The molecular weight excluding hydrogens is 254 g/mol. The highest BCUT2D eigenvalue weighted by Gasteiger charge is 2.33. The minimum Gasteiger partial charge on any atom is -0.458 e. The van der Waals surface area contributed by atoms with Gasteiger partial charge in [0.05, 0.1) is 0 Å². The second kappa shape index (κ2) is 8.08. The molecule has 20 heavy (non-hydrogen) atoms. The lowest BCUT2D eigenvalue weighted by Crippen LogP contribution is -2.40. The molecule has 0 saturated carbocycles. The van der Waals surface area contributed by atoms with Crippen molar-refractivity contribution in [3.8, 4) is 0 Å². The molecule has 0 saturated heterocycles. The Morgan fingerprint density at radius 3 is 2.75 bits per heavy atom. The van der Waals surface area contributed by atoms with E-state index in [1.807, 2.05) is 26.0 Å². The van der Waals surface area contributed by atoms with Crippen LogP contribution in [-0.2, 0) is 14.3 Å². The number of ether oxygens (including phenoxy) is 1. The molecule has 0 aromatic carbocycles. The highest BCUT2D eigenvalue weighted by atomic mass is 16.5. The van der Waals surface area contributed by atoms with Crippen LogP contribution in [0.1, 0.15) is 59.3 Å². The average molecular weight is 281 g/mol. The fourth-order valence-electron chi connectivity index (χ4n) is 2.36. The van der Waals surface area contributed by atoms with Gasteiger partial charge in [-0.3, -0.25) is 9.59 Å². The van der Waals surface area contributed by atoms with Crippen molar-refractivity contribution in [3.05, 3.63) is 12.2 Å². The van der Waals surface area contributed by atoms with Gasteiger partial charge >= 0.3 is 5.97 Å². The molecule has 4 nitrogen and oxygen atoms in total. The van der Waals surface area contributed by atoms with Gasteiger partial charge in [-0.25, -0.2) is 0 Å². The number of rotatable bonds is 5. The molecule has 0 bridgehead atoms. The summed E-state index contributed by atoms with van der Waals surface area (Å²) >= 11 is 0. The molecule has 0 spiro atoms. The highest BCUT2D eigenvalue weighted by Crippen LogP contribution is 2.32. The largest absolute Gasteiger partial charge is 0.458 e. The molecule has 0 aromatic heterocycles. The summed E-state index contributed by atoms with van der Waals surface area (Å²) in [5.41, 5.74) is -0.364. The summed E-state index contributed by atoms with van der Waals surface area (Å²) in [6.07, 6.45) is 8.25. The number of carbonyl (C=O) groups is 2. The number of allylic oxidation sites excluding steroid dienone is 1. The first-order valence-electron chi connectivity index (χ1n) is 7.66. The van der Waals surface area contributed by atoms with Gasteiger partial charge in [-0.15, -0.1) is 0 Å². The molecule has 0 fully saturated rings. The highest BCUT2D eigenvalue weighted by molar-refractivity contribution is 5.82. The summed E-state index contributed by atoms with van der Waals surface area (Å²) in [5.74, 6) is -0.0624. The Kier molecular flexibility index (Phi) is 6.76. The number of nitrogens with one attached hydrogen (secondary N) is 1. The molecule has 1 N–H and O–H groups in total. The van der Waals surface area contributed by atoms with Crippen LogP contribution < -0.4 is 5.32 Å². The summed E-state index contributed by atoms with van der Waals surface area (Å²) in [7, 11) is 0. The summed E-state index contributed by atoms with van der Waals surface area (Å²) < 4.78 is 5.37. The Balaban J connectivity index is 2.63. The maximum Gasteiger partial charge on any atom is 0.306 e.